The molecule has 4 nitrogen and oxygen atoms in total. The van der Waals surface area contributed by atoms with E-state index in [0.717, 1.165) is 24.3 Å². The molecule has 1 aliphatic heterocycles. The summed E-state index contributed by atoms with van der Waals surface area (Å²) in [6.45, 7) is 6.95. The van der Waals surface area contributed by atoms with Gasteiger partial charge in [0.2, 0.25) is 5.91 Å². The van der Waals surface area contributed by atoms with Crippen molar-refractivity contribution in [3.8, 4) is 0 Å². The largest absolute Gasteiger partial charge is 0.369 e. The average Bonchev–Trinajstić information content (AvgIpc) is 2.64. The fraction of sp³-hybridized carbons (Fsp3) is 0.533. The molecule has 1 aromatic carbocycles. The van der Waals surface area contributed by atoms with Crippen molar-refractivity contribution in [2.75, 3.05) is 31.1 Å². The van der Waals surface area contributed by atoms with Crippen LogP contribution >= 0.6 is 0 Å². The van der Waals surface area contributed by atoms with E-state index in [-0.39, 0.29) is 17.8 Å². The van der Waals surface area contributed by atoms with Crippen LogP contribution in [0.2, 0.25) is 0 Å². The summed E-state index contributed by atoms with van der Waals surface area (Å²) in [7, 11) is 0. The molecule has 1 heterocycles. The summed E-state index contributed by atoms with van der Waals surface area (Å²) >= 11 is 0. The van der Waals surface area contributed by atoms with Crippen molar-refractivity contribution in [3.05, 3.63) is 29.6 Å². The van der Waals surface area contributed by atoms with Crippen LogP contribution in [0, 0.1) is 5.82 Å². The van der Waals surface area contributed by atoms with Gasteiger partial charge in [0.15, 0.2) is 0 Å². The van der Waals surface area contributed by atoms with Crippen LogP contribution in [0.3, 0.4) is 0 Å². The smallest absolute Gasteiger partial charge is 0.221 e. The SMILES string of the molecule is CCNC(C)c1cc(F)ccc1N1CCNC(=O)CC1. The predicted octanol–water partition coefficient (Wildman–Crippen LogP) is 1.82. The van der Waals surface area contributed by atoms with Crippen LogP contribution in [0.4, 0.5) is 10.1 Å². The Kier molecular flexibility index (Phi) is 4.95. The van der Waals surface area contributed by atoms with E-state index < -0.39 is 0 Å². The maximum atomic E-state index is 13.5. The third-order valence-electron chi connectivity index (χ3n) is 3.62. The first-order valence-corrected chi connectivity index (χ1v) is 7.16. The number of anilines is 1. The summed E-state index contributed by atoms with van der Waals surface area (Å²) in [6.07, 6.45) is 0.479. The van der Waals surface area contributed by atoms with Gasteiger partial charge in [0.25, 0.3) is 0 Å². The van der Waals surface area contributed by atoms with E-state index in [0.29, 0.717) is 19.5 Å². The Labute approximate surface area is 119 Å². The number of benzene rings is 1. The normalized spacial score (nSPS) is 17.6. The molecule has 1 atom stereocenters. The summed E-state index contributed by atoms with van der Waals surface area (Å²) in [6, 6.07) is 4.96. The second kappa shape index (κ2) is 6.70. The highest BCUT2D eigenvalue weighted by Gasteiger charge is 2.19. The lowest BCUT2D eigenvalue weighted by molar-refractivity contribution is -0.120. The zero-order chi connectivity index (χ0) is 14.5. The third-order valence-corrected chi connectivity index (χ3v) is 3.62. The molecule has 2 N–H and O–H groups in total. The van der Waals surface area contributed by atoms with Gasteiger partial charge in [0.05, 0.1) is 0 Å². The van der Waals surface area contributed by atoms with Gasteiger partial charge in [-0.15, -0.1) is 0 Å². The Morgan fingerprint density at radius 2 is 2.25 bits per heavy atom. The van der Waals surface area contributed by atoms with Gasteiger partial charge in [0.1, 0.15) is 5.82 Å². The summed E-state index contributed by atoms with van der Waals surface area (Å²) in [4.78, 5) is 13.6. The molecule has 1 aromatic rings. The number of rotatable bonds is 4. The van der Waals surface area contributed by atoms with Gasteiger partial charge in [-0.3, -0.25) is 4.79 Å². The molecule has 0 spiro atoms. The van der Waals surface area contributed by atoms with E-state index in [2.05, 4.69) is 15.5 Å². The number of nitrogens with zero attached hydrogens (tertiary/aromatic N) is 1. The number of hydrogen-bond donors (Lipinski definition) is 2. The van der Waals surface area contributed by atoms with Crippen molar-refractivity contribution < 1.29 is 9.18 Å². The topological polar surface area (TPSA) is 44.4 Å². The molecule has 1 amide bonds. The highest BCUT2D eigenvalue weighted by atomic mass is 19.1. The number of hydrogen-bond acceptors (Lipinski definition) is 3. The number of carbonyl (C=O) groups is 1. The molecule has 1 saturated heterocycles. The molecule has 1 unspecified atom stereocenters. The Balaban J connectivity index is 2.27. The Hall–Kier alpha value is -1.62. The van der Waals surface area contributed by atoms with E-state index in [1.54, 1.807) is 6.07 Å². The van der Waals surface area contributed by atoms with E-state index in [1.807, 2.05) is 19.9 Å². The summed E-state index contributed by atoms with van der Waals surface area (Å²) < 4.78 is 13.5. The molecule has 0 radical (unpaired) electrons. The molecule has 5 heteroatoms. The molecule has 1 fully saturated rings. The van der Waals surface area contributed by atoms with E-state index >= 15 is 0 Å². The Bertz CT molecular complexity index is 478. The van der Waals surface area contributed by atoms with E-state index in [4.69, 9.17) is 0 Å². The van der Waals surface area contributed by atoms with Crippen molar-refractivity contribution >= 4 is 11.6 Å². The minimum atomic E-state index is -0.225. The second-order valence-corrected chi connectivity index (χ2v) is 5.07. The molecule has 20 heavy (non-hydrogen) atoms. The minimum Gasteiger partial charge on any atom is -0.369 e. The summed E-state index contributed by atoms with van der Waals surface area (Å²) in [5.41, 5.74) is 1.96. The van der Waals surface area contributed by atoms with Crippen LogP contribution in [0.1, 0.15) is 31.9 Å². The summed E-state index contributed by atoms with van der Waals surface area (Å²) in [5, 5.41) is 6.18. The molecule has 2 rings (SSSR count). The van der Waals surface area contributed by atoms with Gasteiger partial charge in [-0.05, 0) is 37.2 Å². The maximum absolute atomic E-state index is 13.5. The maximum Gasteiger partial charge on any atom is 0.221 e. The van der Waals surface area contributed by atoms with Crippen molar-refractivity contribution in [2.24, 2.45) is 0 Å². The fourth-order valence-electron chi connectivity index (χ4n) is 2.58. The fourth-order valence-corrected chi connectivity index (χ4v) is 2.58. The number of halogens is 1. The third kappa shape index (κ3) is 3.48. The first-order chi connectivity index (χ1) is 9.61. The van der Waals surface area contributed by atoms with Gasteiger partial charge < -0.3 is 15.5 Å². The van der Waals surface area contributed by atoms with Gasteiger partial charge >= 0.3 is 0 Å². The quantitative estimate of drug-likeness (QED) is 0.883. The first kappa shape index (κ1) is 14.8. The lowest BCUT2D eigenvalue weighted by Crippen LogP contribution is -2.30. The van der Waals surface area contributed by atoms with Crippen LogP contribution in [0.15, 0.2) is 18.2 Å². The van der Waals surface area contributed by atoms with Gasteiger partial charge in [-0.25, -0.2) is 4.39 Å². The number of nitrogens with one attached hydrogen (secondary N) is 2. The van der Waals surface area contributed by atoms with Crippen LogP contribution in [-0.2, 0) is 4.79 Å². The zero-order valence-electron chi connectivity index (χ0n) is 12.1. The lowest BCUT2D eigenvalue weighted by Gasteiger charge is -2.27. The highest BCUT2D eigenvalue weighted by molar-refractivity contribution is 5.77. The van der Waals surface area contributed by atoms with E-state index in [9.17, 15) is 9.18 Å². The molecule has 1 aliphatic rings. The molecule has 0 aliphatic carbocycles. The lowest BCUT2D eigenvalue weighted by atomic mass is 10.0. The van der Waals surface area contributed by atoms with Crippen molar-refractivity contribution in [1.29, 1.82) is 0 Å². The van der Waals surface area contributed by atoms with Crippen molar-refractivity contribution in [3.63, 3.8) is 0 Å². The van der Waals surface area contributed by atoms with Gasteiger partial charge in [-0.1, -0.05) is 6.92 Å². The predicted molar refractivity (Wildman–Crippen MR) is 78.3 cm³/mol. The van der Waals surface area contributed by atoms with Crippen LogP contribution in [0.25, 0.3) is 0 Å². The van der Waals surface area contributed by atoms with Crippen molar-refractivity contribution in [2.45, 2.75) is 26.3 Å². The molecule has 0 saturated carbocycles. The van der Waals surface area contributed by atoms with Crippen LogP contribution in [0.5, 0.6) is 0 Å². The molecule has 0 aromatic heterocycles. The first-order valence-electron chi connectivity index (χ1n) is 7.16. The van der Waals surface area contributed by atoms with Gasteiger partial charge in [-0.2, -0.15) is 0 Å². The molecular formula is C15H22FN3O. The average molecular weight is 279 g/mol. The Morgan fingerprint density at radius 3 is 3.00 bits per heavy atom. The monoisotopic (exact) mass is 279 g/mol. The molecule has 0 bridgehead atoms. The van der Waals surface area contributed by atoms with Gasteiger partial charge in [0, 0.05) is 37.8 Å². The molecular weight excluding hydrogens is 257 g/mol. The Morgan fingerprint density at radius 1 is 1.45 bits per heavy atom. The molecule has 110 valence electrons. The minimum absolute atomic E-state index is 0.0795. The number of carbonyl (C=O) groups excluding carboxylic acids is 1. The van der Waals surface area contributed by atoms with Crippen LogP contribution in [-0.4, -0.2) is 32.1 Å². The van der Waals surface area contributed by atoms with E-state index in [1.165, 1.54) is 6.07 Å². The van der Waals surface area contributed by atoms with Crippen LogP contribution < -0.4 is 15.5 Å². The second-order valence-electron chi connectivity index (χ2n) is 5.07. The highest BCUT2D eigenvalue weighted by Crippen LogP contribution is 2.27. The standard InChI is InChI=1S/C15H22FN3O/c1-3-17-11(2)13-10-12(16)4-5-14(13)19-8-6-15(20)18-7-9-19/h4-5,10-11,17H,3,6-9H2,1-2H3,(H,18,20). The number of amides is 1. The van der Waals surface area contributed by atoms with Crippen molar-refractivity contribution in [1.82, 2.24) is 10.6 Å². The zero-order valence-corrected chi connectivity index (χ0v) is 12.1. The summed E-state index contributed by atoms with van der Waals surface area (Å²) in [5.74, 6) is -0.145.